The van der Waals surface area contributed by atoms with Gasteiger partial charge in [-0.05, 0) is 35.7 Å². The van der Waals surface area contributed by atoms with Crippen LogP contribution in [0.3, 0.4) is 0 Å². The quantitative estimate of drug-likeness (QED) is 0.421. The lowest BCUT2D eigenvalue weighted by Crippen LogP contribution is -2.18. The molecule has 2 heterocycles. The van der Waals surface area contributed by atoms with Crippen LogP contribution >= 0.6 is 11.3 Å². The van der Waals surface area contributed by atoms with E-state index in [1.165, 1.54) is 23.5 Å². The molecule has 152 valence electrons. The number of anilines is 1. The van der Waals surface area contributed by atoms with Gasteiger partial charge in [-0.15, -0.1) is 11.3 Å². The number of amides is 1. The monoisotopic (exact) mass is 428 g/mol. The van der Waals surface area contributed by atoms with Crippen molar-refractivity contribution in [1.29, 1.82) is 0 Å². The maximum Gasteiger partial charge on any atom is 0.416 e. The van der Waals surface area contributed by atoms with Crippen LogP contribution in [0.25, 0.3) is 10.9 Å². The first-order valence-corrected chi connectivity index (χ1v) is 9.84. The van der Waals surface area contributed by atoms with Gasteiger partial charge >= 0.3 is 6.18 Å². The number of fused-ring (bicyclic) bond motifs is 1. The number of alkyl halides is 3. The van der Waals surface area contributed by atoms with E-state index in [1.807, 2.05) is 5.38 Å². The van der Waals surface area contributed by atoms with Gasteiger partial charge in [0.15, 0.2) is 0 Å². The van der Waals surface area contributed by atoms with Crippen molar-refractivity contribution in [2.45, 2.75) is 12.7 Å². The van der Waals surface area contributed by atoms with E-state index >= 15 is 0 Å². The molecule has 4 aromatic rings. The SMILES string of the molecule is O=C(Cn1cc(C(=O)c2cccs2)c2ccccc21)Nc1cccc(C(F)(F)F)c1. The summed E-state index contributed by atoms with van der Waals surface area (Å²) in [5, 5.41) is 5.02. The molecule has 2 aromatic heterocycles. The van der Waals surface area contributed by atoms with E-state index in [2.05, 4.69) is 5.32 Å². The van der Waals surface area contributed by atoms with E-state index < -0.39 is 17.6 Å². The van der Waals surface area contributed by atoms with Gasteiger partial charge in [0.25, 0.3) is 0 Å². The highest BCUT2D eigenvalue weighted by Gasteiger charge is 2.30. The number of nitrogens with zero attached hydrogens (tertiary/aromatic N) is 1. The van der Waals surface area contributed by atoms with E-state index in [9.17, 15) is 22.8 Å². The van der Waals surface area contributed by atoms with Crippen molar-refractivity contribution in [3.8, 4) is 0 Å². The summed E-state index contributed by atoms with van der Waals surface area (Å²) in [5.74, 6) is -0.636. The van der Waals surface area contributed by atoms with Crippen molar-refractivity contribution >= 4 is 39.6 Å². The summed E-state index contributed by atoms with van der Waals surface area (Å²) in [4.78, 5) is 25.9. The molecule has 1 amide bonds. The average molecular weight is 428 g/mol. The second-order valence-electron chi connectivity index (χ2n) is 6.62. The van der Waals surface area contributed by atoms with Crippen LogP contribution < -0.4 is 5.32 Å². The molecule has 0 aliphatic heterocycles. The molecule has 4 rings (SSSR count). The summed E-state index contributed by atoms with van der Waals surface area (Å²) >= 11 is 1.33. The Morgan fingerprint density at radius 3 is 2.53 bits per heavy atom. The van der Waals surface area contributed by atoms with Gasteiger partial charge in [-0.25, -0.2) is 0 Å². The zero-order chi connectivity index (χ0) is 21.3. The van der Waals surface area contributed by atoms with Crippen LogP contribution in [-0.2, 0) is 17.5 Å². The van der Waals surface area contributed by atoms with Crippen LogP contribution in [0.5, 0.6) is 0 Å². The van der Waals surface area contributed by atoms with Gasteiger partial charge in [-0.2, -0.15) is 13.2 Å². The lowest BCUT2D eigenvalue weighted by molar-refractivity contribution is -0.137. The molecule has 0 unspecified atom stereocenters. The van der Waals surface area contributed by atoms with E-state index in [0.29, 0.717) is 21.3 Å². The molecule has 0 saturated carbocycles. The van der Waals surface area contributed by atoms with Crippen molar-refractivity contribution in [2.24, 2.45) is 0 Å². The number of aromatic nitrogens is 1. The minimum Gasteiger partial charge on any atom is -0.337 e. The predicted octanol–water partition coefficient (Wildman–Crippen LogP) is 5.59. The predicted molar refractivity (Wildman–Crippen MR) is 110 cm³/mol. The Labute approximate surface area is 173 Å². The van der Waals surface area contributed by atoms with Crippen LogP contribution in [0.2, 0.25) is 0 Å². The van der Waals surface area contributed by atoms with Crippen molar-refractivity contribution in [3.63, 3.8) is 0 Å². The van der Waals surface area contributed by atoms with Crippen molar-refractivity contribution in [1.82, 2.24) is 4.57 Å². The van der Waals surface area contributed by atoms with Gasteiger partial charge in [0.05, 0.1) is 10.4 Å². The minimum absolute atomic E-state index is 0.0566. The number of ketones is 1. The fourth-order valence-electron chi connectivity index (χ4n) is 3.23. The molecular weight excluding hydrogens is 413 g/mol. The van der Waals surface area contributed by atoms with E-state index in [-0.39, 0.29) is 18.0 Å². The maximum absolute atomic E-state index is 12.9. The normalized spacial score (nSPS) is 11.6. The Hall–Kier alpha value is -3.39. The third-order valence-electron chi connectivity index (χ3n) is 4.57. The average Bonchev–Trinajstić information content (AvgIpc) is 3.36. The highest BCUT2D eigenvalue weighted by molar-refractivity contribution is 7.12. The summed E-state index contributed by atoms with van der Waals surface area (Å²) in [7, 11) is 0. The Morgan fingerprint density at radius 1 is 1.00 bits per heavy atom. The number of benzene rings is 2. The van der Waals surface area contributed by atoms with Crippen LogP contribution in [-0.4, -0.2) is 16.3 Å². The Balaban J connectivity index is 1.60. The van der Waals surface area contributed by atoms with Crippen molar-refractivity contribution in [2.75, 3.05) is 5.32 Å². The largest absolute Gasteiger partial charge is 0.416 e. The smallest absolute Gasteiger partial charge is 0.337 e. The number of nitrogens with one attached hydrogen (secondary N) is 1. The Bertz CT molecular complexity index is 1230. The first-order chi connectivity index (χ1) is 14.3. The van der Waals surface area contributed by atoms with E-state index in [1.54, 1.807) is 47.2 Å². The molecule has 1 N–H and O–H groups in total. The summed E-state index contributed by atoms with van der Waals surface area (Å²) in [5.41, 5.74) is 0.383. The zero-order valence-electron chi connectivity index (χ0n) is 15.4. The molecule has 0 saturated heterocycles. The molecule has 0 aliphatic rings. The summed E-state index contributed by atoms with van der Waals surface area (Å²) < 4.78 is 40.2. The standard InChI is InChI=1S/C22H15F3N2O2S/c23-22(24,25)14-5-3-6-15(11-14)26-20(28)13-27-12-17(16-7-1-2-8-18(16)27)21(29)19-9-4-10-30-19/h1-12H,13H2,(H,26,28). The van der Waals surface area contributed by atoms with Crippen LogP contribution in [0.1, 0.15) is 20.8 Å². The van der Waals surface area contributed by atoms with Gasteiger partial charge in [-0.3, -0.25) is 9.59 Å². The summed E-state index contributed by atoms with van der Waals surface area (Å²) in [6.45, 7) is -0.144. The van der Waals surface area contributed by atoms with Gasteiger partial charge in [0.2, 0.25) is 11.7 Å². The highest BCUT2D eigenvalue weighted by Crippen LogP contribution is 2.31. The second-order valence-corrected chi connectivity index (χ2v) is 7.57. The fourth-order valence-corrected chi connectivity index (χ4v) is 3.91. The molecule has 2 aromatic carbocycles. The molecule has 0 atom stereocenters. The number of hydrogen-bond acceptors (Lipinski definition) is 3. The lowest BCUT2D eigenvalue weighted by atomic mass is 10.1. The highest BCUT2D eigenvalue weighted by atomic mass is 32.1. The topological polar surface area (TPSA) is 51.1 Å². The Kier molecular flexibility index (Phi) is 5.17. The number of hydrogen-bond donors (Lipinski definition) is 1. The molecule has 8 heteroatoms. The van der Waals surface area contributed by atoms with Gasteiger partial charge in [0, 0.05) is 28.4 Å². The number of carbonyl (C=O) groups is 2. The minimum atomic E-state index is -4.49. The summed E-state index contributed by atoms with van der Waals surface area (Å²) in [6.07, 6.45) is -2.88. The third-order valence-corrected chi connectivity index (χ3v) is 5.43. The first kappa shape index (κ1) is 19.9. The van der Waals surface area contributed by atoms with Gasteiger partial charge in [-0.1, -0.05) is 30.3 Å². The molecule has 30 heavy (non-hydrogen) atoms. The number of halogens is 3. The van der Waals surface area contributed by atoms with Crippen molar-refractivity contribution < 1.29 is 22.8 Å². The third kappa shape index (κ3) is 3.99. The van der Waals surface area contributed by atoms with E-state index in [4.69, 9.17) is 0 Å². The fraction of sp³-hybridized carbons (Fsp3) is 0.0909. The number of carbonyl (C=O) groups excluding carboxylic acids is 2. The molecule has 0 aliphatic carbocycles. The second kappa shape index (κ2) is 7.79. The summed E-state index contributed by atoms with van der Waals surface area (Å²) in [6, 6.07) is 15.2. The molecule has 0 spiro atoms. The molecular formula is C22H15F3N2O2S. The number of rotatable bonds is 5. The lowest BCUT2D eigenvalue weighted by Gasteiger charge is -2.10. The molecule has 0 radical (unpaired) electrons. The van der Waals surface area contributed by atoms with Crippen LogP contribution in [0.15, 0.2) is 72.2 Å². The first-order valence-electron chi connectivity index (χ1n) is 8.96. The van der Waals surface area contributed by atoms with Gasteiger partial charge in [0.1, 0.15) is 6.54 Å². The molecule has 4 nitrogen and oxygen atoms in total. The van der Waals surface area contributed by atoms with Crippen LogP contribution in [0, 0.1) is 0 Å². The Morgan fingerprint density at radius 2 is 1.80 bits per heavy atom. The number of para-hydroxylation sites is 1. The molecule has 0 bridgehead atoms. The van der Waals surface area contributed by atoms with Crippen LogP contribution in [0.4, 0.5) is 18.9 Å². The van der Waals surface area contributed by atoms with Gasteiger partial charge < -0.3 is 9.88 Å². The maximum atomic E-state index is 12.9. The molecule has 0 fully saturated rings. The number of thiophene rings is 1. The zero-order valence-corrected chi connectivity index (χ0v) is 16.3. The van der Waals surface area contributed by atoms with E-state index in [0.717, 1.165) is 12.1 Å². The van der Waals surface area contributed by atoms with Crippen molar-refractivity contribution in [3.05, 3.63) is 88.2 Å².